The molecule has 0 atom stereocenters. The molecule has 13 heavy (non-hydrogen) atoms. The molecule has 0 heterocycles. The first-order valence-electron chi connectivity index (χ1n) is 4.73. The molecule has 4 nitrogen and oxygen atoms in total. The van der Waals surface area contributed by atoms with Crippen molar-refractivity contribution in [3.05, 3.63) is 0 Å². The summed E-state index contributed by atoms with van der Waals surface area (Å²) in [4.78, 5) is 0. The lowest BCUT2D eigenvalue weighted by atomic mass is 10.4. The zero-order valence-electron chi connectivity index (χ0n) is 8.21. The van der Waals surface area contributed by atoms with E-state index >= 15 is 0 Å². The fourth-order valence-corrected chi connectivity index (χ4v) is 2.33. The minimum absolute atomic E-state index is 0.00840. The van der Waals surface area contributed by atoms with Gasteiger partial charge in [-0.05, 0) is 26.7 Å². The van der Waals surface area contributed by atoms with Crippen LogP contribution in [0.15, 0.2) is 0 Å². The molecule has 1 aliphatic carbocycles. The summed E-state index contributed by atoms with van der Waals surface area (Å²) in [7, 11) is -3.06. The van der Waals surface area contributed by atoms with Crippen LogP contribution in [0, 0.1) is 0 Å². The van der Waals surface area contributed by atoms with Gasteiger partial charge in [0.05, 0.1) is 5.75 Å². The lowest BCUT2D eigenvalue weighted by Gasteiger charge is -2.09. The van der Waals surface area contributed by atoms with Gasteiger partial charge in [-0.25, -0.2) is 13.1 Å². The Labute approximate surface area is 80.1 Å². The van der Waals surface area contributed by atoms with Gasteiger partial charge < -0.3 is 5.32 Å². The van der Waals surface area contributed by atoms with Crippen molar-refractivity contribution < 1.29 is 8.42 Å². The van der Waals surface area contributed by atoms with E-state index in [1.807, 2.05) is 13.8 Å². The number of rotatable bonds is 6. The van der Waals surface area contributed by atoms with Crippen molar-refractivity contribution in [1.82, 2.24) is 10.0 Å². The second-order valence-electron chi connectivity index (χ2n) is 3.82. The molecule has 1 fully saturated rings. The Morgan fingerprint density at radius 2 is 2.00 bits per heavy atom. The monoisotopic (exact) mass is 206 g/mol. The number of nitrogens with one attached hydrogen (secondary N) is 2. The molecule has 0 spiro atoms. The van der Waals surface area contributed by atoms with Crippen molar-refractivity contribution in [2.75, 3.05) is 12.3 Å². The second-order valence-corrected chi connectivity index (χ2v) is 5.69. The second kappa shape index (κ2) is 4.39. The Morgan fingerprint density at radius 3 is 2.46 bits per heavy atom. The SMILES string of the molecule is CC(C)NS(=O)(=O)CCNC1CC1. The van der Waals surface area contributed by atoms with E-state index in [0.29, 0.717) is 12.6 Å². The van der Waals surface area contributed by atoms with E-state index in [1.54, 1.807) is 0 Å². The van der Waals surface area contributed by atoms with Crippen molar-refractivity contribution in [2.45, 2.75) is 38.8 Å². The van der Waals surface area contributed by atoms with Gasteiger partial charge in [0, 0.05) is 18.6 Å². The summed E-state index contributed by atoms with van der Waals surface area (Å²) in [6, 6.07) is 0.570. The van der Waals surface area contributed by atoms with E-state index in [4.69, 9.17) is 0 Å². The molecule has 0 radical (unpaired) electrons. The normalized spacial score (nSPS) is 18.1. The lowest BCUT2D eigenvalue weighted by Crippen LogP contribution is -2.36. The van der Waals surface area contributed by atoms with Crippen LogP contribution in [0.4, 0.5) is 0 Å². The first kappa shape index (κ1) is 10.9. The summed E-state index contributed by atoms with van der Waals surface area (Å²) >= 11 is 0. The average molecular weight is 206 g/mol. The highest BCUT2D eigenvalue weighted by Gasteiger charge is 2.21. The van der Waals surface area contributed by atoms with Gasteiger partial charge in [-0.15, -0.1) is 0 Å². The van der Waals surface area contributed by atoms with Gasteiger partial charge in [0.15, 0.2) is 0 Å². The van der Waals surface area contributed by atoms with Gasteiger partial charge >= 0.3 is 0 Å². The summed E-state index contributed by atoms with van der Waals surface area (Å²) in [6.45, 7) is 4.21. The van der Waals surface area contributed by atoms with Gasteiger partial charge in [0.1, 0.15) is 0 Å². The van der Waals surface area contributed by atoms with Crippen molar-refractivity contribution in [3.63, 3.8) is 0 Å². The number of hydrogen-bond donors (Lipinski definition) is 2. The van der Waals surface area contributed by atoms with Crippen LogP contribution in [0.5, 0.6) is 0 Å². The molecule has 0 unspecified atom stereocenters. The lowest BCUT2D eigenvalue weighted by molar-refractivity contribution is 0.565. The van der Waals surface area contributed by atoms with Crippen LogP contribution in [0.2, 0.25) is 0 Å². The topological polar surface area (TPSA) is 58.2 Å². The van der Waals surface area contributed by atoms with Crippen molar-refractivity contribution in [1.29, 1.82) is 0 Å². The van der Waals surface area contributed by atoms with Gasteiger partial charge in [0.2, 0.25) is 10.0 Å². The van der Waals surface area contributed by atoms with Crippen molar-refractivity contribution >= 4 is 10.0 Å². The molecule has 0 bridgehead atoms. The van der Waals surface area contributed by atoms with E-state index < -0.39 is 10.0 Å². The standard InChI is InChI=1S/C8H18N2O2S/c1-7(2)10-13(11,12)6-5-9-8-3-4-8/h7-10H,3-6H2,1-2H3. The maximum atomic E-state index is 11.3. The molecule has 0 aromatic rings. The van der Waals surface area contributed by atoms with Gasteiger partial charge in [-0.1, -0.05) is 0 Å². The van der Waals surface area contributed by atoms with Crippen molar-refractivity contribution in [2.24, 2.45) is 0 Å². The smallest absolute Gasteiger partial charge is 0.213 e. The molecule has 0 aromatic carbocycles. The Balaban J connectivity index is 2.16. The van der Waals surface area contributed by atoms with Crippen LogP contribution in [0.3, 0.4) is 0 Å². The van der Waals surface area contributed by atoms with E-state index in [2.05, 4.69) is 10.0 Å². The Hall–Kier alpha value is -0.130. The third-order valence-electron chi connectivity index (χ3n) is 1.80. The largest absolute Gasteiger partial charge is 0.313 e. The quantitative estimate of drug-likeness (QED) is 0.646. The third-order valence-corrected chi connectivity index (χ3v) is 3.37. The van der Waals surface area contributed by atoms with Crippen LogP contribution in [0.1, 0.15) is 26.7 Å². The van der Waals surface area contributed by atoms with E-state index in [0.717, 1.165) is 0 Å². The Bertz CT molecular complexity index is 245. The summed E-state index contributed by atoms with van der Waals surface area (Å²) in [6.07, 6.45) is 2.38. The number of sulfonamides is 1. The Morgan fingerprint density at radius 1 is 1.38 bits per heavy atom. The maximum Gasteiger partial charge on any atom is 0.213 e. The van der Waals surface area contributed by atoms with Crippen LogP contribution in [0.25, 0.3) is 0 Å². The first-order valence-corrected chi connectivity index (χ1v) is 6.38. The summed E-state index contributed by atoms with van der Waals surface area (Å²) in [5, 5.41) is 3.17. The fraction of sp³-hybridized carbons (Fsp3) is 1.00. The minimum atomic E-state index is -3.06. The maximum absolute atomic E-state index is 11.3. The molecular weight excluding hydrogens is 188 g/mol. The zero-order chi connectivity index (χ0) is 9.90. The molecule has 2 N–H and O–H groups in total. The fourth-order valence-electron chi connectivity index (χ4n) is 1.10. The molecule has 0 amide bonds. The van der Waals surface area contributed by atoms with Crippen LogP contribution in [-0.2, 0) is 10.0 Å². The van der Waals surface area contributed by atoms with E-state index in [-0.39, 0.29) is 11.8 Å². The van der Waals surface area contributed by atoms with E-state index in [9.17, 15) is 8.42 Å². The molecule has 5 heteroatoms. The third kappa shape index (κ3) is 5.23. The van der Waals surface area contributed by atoms with Gasteiger partial charge in [-0.3, -0.25) is 0 Å². The Kier molecular flexibility index (Phi) is 3.70. The molecule has 0 saturated heterocycles. The zero-order valence-corrected chi connectivity index (χ0v) is 9.02. The van der Waals surface area contributed by atoms with Gasteiger partial charge in [0.25, 0.3) is 0 Å². The molecular formula is C8H18N2O2S. The van der Waals surface area contributed by atoms with Crippen LogP contribution < -0.4 is 10.0 Å². The van der Waals surface area contributed by atoms with Gasteiger partial charge in [-0.2, -0.15) is 0 Å². The highest BCUT2D eigenvalue weighted by atomic mass is 32.2. The summed E-state index contributed by atoms with van der Waals surface area (Å²) < 4.78 is 25.1. The molecule has 1 aliphatic rings. The summed E-state index contributed by atoms with van der Waals surface area (Å²) in [5.41, 5.74) is 0. The van der Waals surface area contributed by atoms with E-state index in [1.165, 1.54) is 12.8 Å². The average Bonchev–Trinajstić information content (AvgIpc) is 2.67. The molecule has 1 rings (SSSR count). The molecule has 78 valence electrons. The molecule has 0 aliphatic heterocycles. The molecule has 0 aromatic heterocycles. The highest BCUT2D eigenvalue weighted by molar-refractivity contribution is 7.89. The summed E-state index contributed by atoms with van der Waals surface area (Å²) in [5.74, 6) is 0.182. The van der Waals surface area contributed by atoms with Crippen LogP contribution >= 0.6 is 0 Å². The number of hydrogen-bond acceptors (Lipinski definition) is 3. The predicted octanol–water partition coefficient (Wildman–Crippen LogP) is 0.0662. The minimum Gasteiger partial charge on any atom is -0.313 e. The first-order chi connectivity index (χ1) is 5.99. The molecule has 1 saturated carbocycles. The van der Waals surface area contributed by atoms with Crippen molar-refractivity contribution in [3.8, 4) is 0 Å². The predicted molar refractivity (Wildman–Crippen MR) is 53.1 cm³/mol. The van der Waals surface area contributed by atoms with Crippen LogP contribution in [-0.4, -0.2) is 32.8 Å². The highest BCUT2D eigenvalue weighted by Crippen LogP contribution is 2.17.